The first-order valence-corrected chi connectivity index (χ1v) is 19.1. The van der Waals surface area contributed by atoms with Gasteiger partial charge in [0, 0.05) is 4.47 Å². The van der Waals surface area contributed by atoms with Crippen LogP contribution in [0, 0.1) is 0 Å². The molecule has 41 heavy (non-hydrogen) atoms. The highest BCUT2D eigenvalue weighted by Crippen LogP contribution is 2.31. The van der Waals surface area contributed by atoms with Crippen molar-refractivity contribution < 1.29 is 9.47 Å². The normalized spacial score (nSPS) is 11.3. The molecule has 1 rings (SSSR count). The molecule has 0 aliphatic carbocycles. The molecule has 240 valence electrons. The van der Waals surface area contributed by atoms with Crippen molar-refractivity contribution in [2.24, 2.45) is 0 Å². The molecule has 3 heteroatoms. The third-order valence-electron chi connectivity index (χ3n) is 8.42. The molecule has 0 N–H and O–H groups in total. The average Bonchev–Trinajstić information content (AvgIpc) is 2.98. The lowest BCUT2D eigenvalue weighted by molar-refractivity contribution is 0.258. The quantitative estimate of drug-likeness (QED) is 0.0732. The van der Waals surface area contributed by atoms with E-state index in [-0.39, 0.29) is 0 Å². The fraction of sp³-hybridized carbons (Fsp3) is 0.842. The van der Waals surface area contributed by atoms with Crippen molar-refractivity contribution in [2.75, 3.05) is 13.2 Å². The number of ether oxygens (including phenoxy) is 2. The van der Waals surface area contributed by atoms with Crippen molar-refractivity contribution in [3.05, 3.63) is 22.7 Å². The predicted octanol–water partition coefficient (Wildman–Crippen LogP) is 14.2. The third-order valence-corrected chi connectivity index (χ3v) is 8.91. The van der Waals surface area contributed by atoms with Crippen molar-refractivity contribution in [3.8, 4) is 11.5 Å². The van der Waals surface area contributed by atoms with Gasteiger partial charge >= 0.3 is 0 Å². The molecule has 0 aliphatic heterocycles. The molecule has 1 aromatic carbocycles. The zero-order valence-electron chi connectivity index (χ0n) is 27.6. The Bertz CT molecular complexity index is 662. The molecular weight excluding hydrogens is 568 g/mol. The van der Waals surface area contributed by atoms with Gasteiger partial charge in [0.15, 0.2) is 11.5 Å². The lowest BCUT2D eigenvalue weighted by Crippen LogP contribution is -2.03. The second-order valence-electron chi connectivity index (χ2n) is 12.5. The summed E-state index contributed by atoms with van der Waals surface area (Å²) in [6.45, 7) is 6.16. The summed E-state index contributed by atoms with van der Waals surface area (Å²) in [7, 11) is 0. The highest BCUT2D eigenvalue weighted by atomic mass is 79.9. The van der Waals surface area contributed by atoms with Gasteiger partial charge in [-0.05, 0) is 31.0 Å². The van der Waals surface area contributed by atoms with E-state index < -0.39 is 0 Å². The maximum atomic E-state index is 6.14. The van der Waals surface area contributed by atoms with Gasteiger partial charge < -0.3 is 9.47 Å². The fourth-order valence-electron chi connectivity index (χ4n) is 5.67. The molecule has 0 bridgehead atoms. The van der Waals surface area contributed by atoms with E-state index in [9.17, 15) is 0 Å². The number of hydrogen-bond acceptors (Lipinski definition) is 2. The van der Waals surface area contributed by atoms with E-state index in [0.29, 0.717) is 0 Å². The highest BCUT2D eigenvalue weighted by molar-refractivity contribution is 9.10. The second kappa shape index (κ2) is 30.7. The molecule has 0 aliphatic rings. The molecule has 0 saturated heterocycles. The highest BCUT2D eigenvalue weighted by Gasteiger charge is 2.06. The maximum absolute atomic E-state index is 6.14. The van der Waals surface area contributed by atoms with E-state index in [0.717, 1.165) is 42.0 Å². The van der Waals surface area contributed by atoms with Crippen LogP contribution in [0.15, 0.2) is 22.7 Å². The molecule has 0 spiro atoms. The first kappa shape index (κ1) is 38.3. The van der Waals surface area contributed by atoms with E-state index in [2.05, 4.69) is 48.0 Å². The van der Waals surface area contributed by atoms with E-state index in [1.54, 1.807) is 0 Å². The summed E-state index contributed by atoms with van der Waals surface area (Å²) < 4.78 is 13.3. The van der Waals surface area contributed by atoms with Crippen molar-refractivity contribution in [1.29, 1.82) is 0 Å². The summed E-state index contributed by atoms with van der Waals surface area (Å²) in [5, 5.41) is 0. The van der Waals surface area contributed by atoms with Crippen LogP contribution >= 0.6 is 15.9 Å². The van der Waals surface area contributed by atoms with Gasteiger partial charge in [-0.25, -0.2) is 0 Å². The summed E-state index contributed by atoms with van der Waals surface area (Å²) in [4.78, 5) is 0. The van der Waals surface area contributed by atoms with Gasteiger partial charge in [-0.15, -0.1) is 0 Å². The second-order valence-corrected chi connectivity index (χ2v) is 13.4. The third kappa shape index (κ3) is 25.5. The Labute approximate surface area is 265 Å². The van der Waals surface area contributed by atoms with Crippen molar-refractivity contribution in [2.45, 2.75) is 194 Å². The topological polar surface area (TPSA) is 18.5 Å². The smallest absolute Gasteiger partial charge is 0.162 e. The Kier molecular flexibility index (Phi) is 28.7. The molecule has 0 atom stereocenters. The molecule has 0 fully saturated rings. The van der Waals surface area contributed by atoms with E-state index in [1.165, 1.54) is 167 Å². The van der Waals surface area contributed by atoms with Crippen molar-refractivity contribution in [3.63, 3.8) is 0 Å². The van der Waals surface area contributed by atoms with Gasteiger partial charge in [-0.2, -0.15) is 0 Å². The van der Waals surface area contributed by atoms with Gasteiger partial charge in [0.25, 0.3) is 0 Å². The van der Waals surface area contributed by atoms with Gasteiger partial charge in [-0.3, -0.25) is 0 Å². The molecular formula is C38H69BrO2. The summed E-state index contributed by atoms with van der Waals surface area (Å²) in [6, 6.07) is 6.17. The minimum absolute atomic E-state index is 0.781. The maximum Gasteiger partial charge on any atom is 0.162 e. The zero-order valence-corrected chi connectivity index (χ0v) is 29.2. The Hall–Kier alpha value is -0.700. The zero-order chi connectivity index (χ0) is 29.5. The predicted molar refractivity (Wildman–Crippen MR) is 186 cm³/mol. The van der Waals surface area contributed by atoms with Gasteiger partial charge in [0.05, 0.1) is 13.2 Å². The summed E-state index contributed by atoms with van der Waals surface area (Å²) in [5.41, 5.74) is 0. The fourth-order valence-corrected chi connectivity index (χ4v) is 6.01. The molecule has 0 saturated carbocycles. The summed E-state index contributed by atoms with van der Waals surface area (Å²) >= 11 is 3.60. The number of benzene rings is 1. The first-order valence-electron chi connectivity index (χ1n) is 18.3. The van der Waals surface area contributed by atoms with Crippen LogP contribution in [0.3, 0.4) is 0 Å². The van der Waals surface area contributed by atoms with E-state index in [4.69, 9.17) is 9.47 Å². The number of hydrogen-bond donors (Lipinski definition) is 0. The van der Waals surface area contributed by atoms with Crippen molar-refractivity contribution in [1.82, 2.24) is 0 Å². The van der Waals surface area contributed by atoms with Crippen LogP contribution in [0.4, 0.5) is 0 Å². The molecule has 0 heterocycles. The number of rotatable bonds is 32. The number of unbranched alkanes of at least 4 members (excludes halogenated alkanes) is 26. The van der Waals surface area contributed by atoms with Crippen LogP contribution < -0.4 is 9.47 Å². The molecule has 0 amide bonds. The first-order chi connectivity index (χ1) is 20.3. The van der Waals surface area contributed by atoms with Crippen LogP contribution in [0.5, 0.6) is 11.5 Å². The largest absolute Gasteiger partial charge is 0.490 e. The summed E-state index contributed by atoms with van der Waals surface area (Å²) in [5.74, 6) is 1.78. The molecule has 0 aromatic heterocycles. The lowest BCUT2D eigenvalue weighted by Gasteiger charge is -2.13. The molecule has 0 radical (unpaired) electrons. The van der Waals surface area contributed by atoms with Gasteiger partial charge in [0.2, 0.25) is 0 Å². The van der Waals surface area contributed by atoms with Crippen molar-refractivity contribution >= 4 is 15.9 Å². The van der Waals surface area contributed by atoms with Gasteiger partial charge in [0.1, 0.15) is 0 Å². The Morgan fingerprint density at radius 2 is 0.683 bits per heavy atom. The Balaban J connectivity index is 1.96. The van der Waals surface area contributed by atoms with E-state index >= 15 is 0 Å². The summed E-state index contributed by atoms with van der Waals surface area (Å²) in [6.07, 6.45) is 38.7. The molecule has 0 unspecified atom stereocenters. The van der Waals surface area contributed by atoms with E-state index in [1.807, 2.05) is 0 Å². The standard InChI is InChI=1S/C38H69BrO2/c1-3-5-7-9-11-13-15-17-19-21-23-25-27-29-33-40-37-32-31-36(39)35-38(37)41-34-30-28-26-24-22-20-18-16-14-12-10-8-6-4-2/h31-32,35H,3-30,33-34H2,1-2H3. The SMILES string of the molecule is CCCCCCCCCCCCCCCCOc1ccc(Br)cc1OCCCCCCCCCCCCCCCC. The molecule has 1 aromatic rings. The van der Waals surface area contributed by atoms with Gasteiger partial charge in [-0.1, -0.05) is 197 Å². The van der Waals surface area contributed by atoms with Crippen LogP contribution in [-0.4, -0.2) is 13.2 Å². The monoisotopic (exact) mass is 636 g/mol. The minimum atomic E-state index is 0.781. The van der Waals surface area contributed by atoms with Crippen LogP contribution in [0.1, 0.15) is 194 Å². The minimum Gasteiger partial charge on any atom is -0.490 e. The van der Waals surface area contributed by atoms with Crippen LogP contribution in [0.2, 0.25) is 0 Å². The van der Waals surface area contributed by atoms with Crippen LogP contribution in [0.25, 0.3) is 0 Å². The molecule has 2 nitrogen and oxygen atoms in total. The number of halogens is 1. The Morgan fingerprint density at radius 3 is 1.02 bits per heavy atom. The lowest BCUT2D eigenvalue weighted by atomic mass is 10.0. The Morgan fingerprint density at radius 1 is 0.390 bits per heavy atom. The average molecular weight is 638 g/mol. The van der Waals surface area contributed by atoms with Crippen LogP contribution in [-0.2, 0) is 0 Å².